The van der Waals surface area contributed by atoms with Gasteiger partial charge in [0.2, 0.25) is 0 Å². The Morgan fingerprint density at radius 2 is 1.62 bits per heavy atom. The van der Waals surface area contributed by atoms with Crippen LogP contribution in [-0.4, -0.2) is 0 Å². The van der Waals surface area contributed by atoms with Crippen molar-refractivity contribution in [3.63, 3.8) is 0 Å². The monoisotopic (exact) mass is 407 g/mol. The molecule has 1 nitrogen and oxygen atoms in total. The number of unbranched alkanes of at least 4 members (excludes halogenated alkanes) is 1. The SMILES string of the molecule is N#CC(F)=CC=CCC[C@H]1CC[C@H](CCCCc2ccc(C(F)(F)F)cc2)CC1. The Morgan fingerprint density at radius 3 is 2.21 bits per heavy atom. The number of hydrogen-bond donors (Lipinski definition) is 0. The van der Waals surface area contributed by atoms with Crippen molar-refractivity contribution in [2.75, 3.05) is 0 Å². The summed E-state index contributed by atoms with van der Waals surface area (Å²) >= 11 is 0. The van der Waals surface area contributed by atoms with Crippen molar-refractivity contribution in [2.24, 2.45) is 11.8 Å². The number of alkyl halides is 3. The molecule has 1 saturated carbocycles. The van der Waals surface area contributed by atoms with Gasteiger partial charge in [-0.2, -0.15) is 22.8 Å². The van der Waals surface area contributed by atoms with Crippen LogP contribution >= 0.6 is 0 Å². The Hall–Kier alpha value is -2.09. The lowest BCUT2D eigenvalue weighted by atomic mass is 9.78. The standard InChI is InChI=1S/C24H29F4N/c25-23(18-29)9-3-1-2-6-19-10-12-20(13-11-19)7-4-5-8-21-14-16-22(17-15-21)24(26,27)28/h1,3,9,14-17,19-20H,2,4-8,10-13H2/t19-,20-. The van der Waals surface area contributed by atoms with Gasteiger partial charge < -0.3 is 0 Å². The fraction of sp³-hybridized carbons (Fsp3) is 0.542. The van der Waals surface area contributed by atoms with Gasteiger partial charge in [-0.1, -0.05) is 62.8 Å². The molecule has 0 N–H and O–H groups in total. The maximum atomic E-state index is 12.6. The van der Waals surface area contributed by atoms with Gasteiger partial charge in [-0.25, -0.2) is 0 Å². The maximum Gasteiger partial charge on any atom is 0.416 e. The van der Waals surface area contributed by atoms with Gasteiger partial charge in [0.25, 0.3) is 0 Å². The topological polar surface area (TPSA) is 23.8 Å². The molecule has 0 aromatic heterocycles. The van der Waals surface area contributed by atoms with E-state index in [0.29, 0.717) is 0 Å². The summed E-state index contributed by atoms with van der Waals surface area (Å²) in [5, 5.41) is 8.33. The summed E-state index contributed by atoms with van der Waals surface area (Å²) in [5.74, 6) is 0.731. The first kappa shape index (κ1) is 23.2. The van der Waals surface area contributed by atoms with Crippen LogP contribution in [0.5, 0.6) is 0 Å². The summed E-state index contributed by atoms with van der Waals surface area (Å²) in [6, 6.07) is 6.97. The van der Waals surface area contributed by atoms with E-state index in [1.165, 1.54) is 56.4 Å². The largest absolute Gasteiger partial charge is 0.416 e. The molecular formula is C24H29F4N. The molecule has 5 heteroatoms. The van der Waals surface area contributed by atoms with Gasteiger partial charge in [0, 0.05) is 0 Å². The molecule has 0 bridgehead atoms. The normalized spacial score (nSPS) is 20.7. The molecule has 0 atom stereocenters. The minimum Gasteiger partial charge on any atom is -0.195 e. The van der Waals surface area contributed by atoms with Crippen LogP contribution in [0, 0.1) is 23.2 Å². The zero-order valence-corrected chi connectivity index (χ0v) is 16.7. The lowest BCUT2D eigenvalue weighted by Crippen LogP contribution is -2.14. The molecule has 1 aromatic carbocycles. The van der Waals surface area contributed by atoms with Crippen molar-refractivity contribution in [3.8, 4) is 6.07 Å². The fourth-order valence-corrected chi connectivity index (χ4v) is 4.05. The first-order valence-corrected chi connectivity index (χ1v) is 10.5. The third-order valence-corrected chi connectivity index (χ3v) is 5.80. The summed E-state index contributed by atoms with van der Waals surface area (Å²) in [6.45, 7) is 0. The van der Waals surface area contributed by atoms with Crippen LogP contribution in [-0.2, 0) is 12.6 Å². The highest BCUT2D eigenvalue weighted by atomic mass is 19.4. The zero-order valence-electron chi connectivity index (χ0n) is 16.7. The second-order valence-corrected chi connectivity index (χ2v) is 7.96. The van der Waals surface area contributed by atoms with E-state index in [4.69, 9.17) is 5.26 Å². The highest BCUT2D eigenvalue weighted by Crippen LogP contribution is 2.34. The van der Waals surface area contributed by atoms with Crippen LogP contribution in [0.25, 0.3) is 0 Å². The minimum atomic E-state index is -4.26. The molecule has 29 heavy (non-hydrogen) atoms. The van der Waals surface area contributed by atoms with Crippen molar-refractivity contribution in [2.45, 2.75) is 70.4 Å². The quantitative estimate of drug-likeness (QED) is 0.176. The van der Waals surface area contributed by atoms with Crippen molar-refractivity contribution in [1.82, 2.24) is 0 Å². The molecule has 0 saturated heterocycles. The molecule has 0 unspecified atom stereocenters. The Balaban J connectivity index is 1.56. The van der Waals surface area contributed by atoms with E-state index in [-0.39, 0.29) is 0 Å². The van der Waals surface area contributed by atoms with Gasteiger partial charge in [-0.3, -0.25) is 0 Å². The average Bonchev–Trinajstić information content (AvgIpc) is 2.71. The fourth-order valence-electron chi connectivity index (χ4n) is 4.05. The number of allylic oxidation sites excluding steroid dienone is 4. The molecule has 158 valence electrons. The number of rotatable bonds is 9. The number of benzene rings is 1. The van der Waals surface area contributed by atoms with Gasteiger partial charge in [-0.15, -0.1) is 0 Å². The lowest BCUT2D eigenvalue weighted by Gasteiger charge is -2.28. The predicted octanol–water partition coefficient (Wildman–Crippen LogP) is 7.94. The number of nitriles is 1. The van der Waals surface area contributed by atoms with Crippen molar-refractivity contribution >= 4 is 0 Å². The molecule has 0 amide bonds. The molecule has 1 aromatic rings. The average molecular weight is 407 g/mol. The third kappa shape index (κ3) is 8.85. The molecule has 1 aliphatic carbocycles. The Kier molecular flexibility index (Phi) is 9.44. The molecular weight excluding hydrogens is 378 g/mol. The molecule has 1 aliphatic rings. The van der Waals surface area contributed by atoms with Crippen molar-refractivity contribution in [3.05, 3.63) is 59.4 Å². The molecule has 0 heterocycles. The highest BCUT2D eigenvalue weighted by Gasteiger charge is 2.29. The third-order valence-electron chi connectivity index (χ3n) is 5.80. The summed E-state index contributed by atoms with van der Waals surface area (Å²) in [6.07, 6.45) is 11.6. The summed E-state index contributed by atoms with van der Waals surface area (Å²) in [4.78, 5) is 0. The first-order valence-electron chi connectivity index (χ1n) is 10.5. The van der Waals surface area contributed by atoms with E-state index < -0.39 is 17.6 Å². The van der Waals surface area contributed by atoms with Gasteiger partial charge in [0.1, 0.15) is 6.07 Å². The van der Waals surface area contributed by atoms with Crippen LogP contribution in [0.2, 0.25) is 0 Å². The smallest absolute Gasteiger partial charge is 0.195 e. The Bertz CT molecular complexity index is 702. The second-order valence-electron chi connectivity index (χ2n) is 7.96. The number of halogens is 4. The van der Waals surface area contributed by atoms with Crippen LogP contribution in [0.3, 0.4) is 0 Å². The number of nitrogens with zero attached hydrogens (tertiary/aromatic N) is 1. The summed E-state index contributed by atoms with van der Waals surface area (Å²) in [7, 11) is 0. The van der Waals surface area contributed by atoms with E-state index >= 15 is 0 Å². The van der Waals surface area contributed by atoms with Gasteiger partial charge in [0.15, 0.2) is 5.83 Å². The van der Waals surface area contributed by atoms with Crippen LogP contribution in [0.15, 0.2) is 48.3 Å². The van der Waals surface area contributed by atoms with E-state index in [9.17, 15) is 17.6 Å². The molecule has 0 radical (unpaired) electrons. The maximum absolute atomic E-state index is 12.6. The minimum absolute atomic E-state index is 0.584. The number of hydrogen-bond acceptors (Lipinski definition) is 1. The van der Waals surface area contributed by atoms with Crippen molar-refractivity contribution < 1.29 is 17.6 Å². The van der Waals surface area contributed by atoms with Crippen molar-refractivity contribution in [1.29, 1.82) is 5.26 Å². The van der Waals surface area contributed by atoms with E-state index in [1.807, 2.05) is 6.08 Å². The first-order chi connectivity index (χ1) is 13.9. The number of aryl methyl sites for hydroxylation is 1. The predicted molar refractivity (Wildman–Crippen MR) is 108 cm³/mol. The van der Waals surface area contributed by atoms with Crippen LogP contribution < -0.4 is 0 Å². The molecule has 0 aliphatic heterocycles. The molecule has 2 rings (SSSR count). The summed E-state index contributed by atoms with van der Waals surface area (Å²) in [5.41, 5.74) is 0.388. The Morgan fingerprint density at radius 1 is 1.00 bits per heavy atom. The summed E-state index contributed by atoms with van der Waals surface area (Å²) < 4.78 is 50.4. The molecule has 1 fully saturated rings. The molecule has 0 spiro atoms. The Labute approximate surface area is 171 Å². The van der Waals surface area contributed by atoms with Crippen LogP contribution in [0.4, 0.5) is 17.6 Å². The lowest BCUT2D eigenvalue weighted by molar-refractivity contribution is -0.137. The highest BCUT2D eigenvalue weighted by molar-refractivity contribution is 5.24. The van der Waals surface area contributed by atoms with Gasteiger partial charge >= 0.3 is 6.18 Å². The van der Waals surface area contributed by atoms with E-state index in [0.717, 1.165) is 49.5 Å². The zero-order chi connectivity index (χ0) is 21.1. The van der Waals surface area contributed by atoms with E-state index in [2.05, 4.69) is 0 Å². The van der Waals surface area contributed by atoms with Crippen LogP contribution in [0.1, 0.15) is 68.9 Å². The second kappa shape index (κ2) is 11.8. The van der Waals surface area contributed by atoms with Gasteiger partial charge in [-0.05, 0) is 61.3 Å². The van der Waals surface area contributed by atoms with Gasteiger partial charge in [0.05, 0.1) is 5.56 Å². The van der Waals surface area contributed by atoms with E-state index in [1.54, 1.807) is 18.2 Å².